The quantitative estimate of drug-likeness (QED) is 0.123. The van der Waals surface area contributed by atoms with Gasteiger partial charge in [-0.2, -0.15) is 5.26 Å². The van der Waals surface area contributed by atoms with Gasteiger partial charge in [0.25, 0.3) is 0 Å². The number of thiazole rings is 1. The molecule has 3 aromatic rings. The van der Waals surface area contributed by atoms with Crippen LogP contribution in [-0.4, -0.2) is 24.2 Å². The van der Waals surface area contributed by atoms with Crippen molar-refractivity contribution in [3.63, 3.8) is 0 Å². The first-order chi connectivity index (χ1) is 15.0. The molecule has 158 valence electrons. The molecule has 0 amide bonds. The Kier molecular flexibility index (Phi) is 8.13. The van der Waals surface area contributed by atoms with Gasteiger partial charge in [0, 0.05) is 9.93 Å². The Morgan fingerprint density at radius 2 is 1.97 bits per heavy atom. The fraction of sp³-hybridized carbons (Fsp3) is 0.174. The minimum atomic E-state index is -0.648. The summed E-state index contributed by atoms with van der Waals surface area (Å²) < 4.78 is 12.3. The zero-order valence-electron chi connectivity index (χ0n) is 16.9. The van der Waals surface area contributed by atoms with Gasteiger partial charge >= 0.3 is 5.97 Å². The molecule has 0 saturated heterocycles. The van der Waals surface area contributed by atoms with Gasteiger partial charge in [0.2, 0.25) is 0 Å². The molecule has 0 spiro atoms. The molecule has 0 bridgehead atoms. The molecule has 0 fully saturated rings. The summed E-state index contributed by atoms with van der Waals surface area (Å²) in [5.74, 6) is 0.157. The van der Waals surface area contributed by atoms with Crippen LogP contribution in [0.3, 0.4) is 0 Å². The minimum absolute atomic E-state index is 0.0698. The zero-order valence-corrected chi connectivity index (χ0v) is 19.3. The molecule has 0 aliphatic carbocycles. The molecular weight excluding hydrogens is 452 g/mol. The van der Waals surface area contributed by atoms with Gasteiger partial charge in [-0.25, -0.2) is 9.78 Å². The van der Waals surface area contributed by atoms with Gasteiger partial charge in [-0.15, -0.1) is 11.3 Å². The van der Waals surface area contributed by atoms with Gasteiger partial charge in [0.15, 0.2) is 4.34 Å². The largest absolute Gasteiger partial charge is 0.494 e. The van der Waals surface area contributed by atoms with Crippen molar-refractivity contribution in [3.8, 4) is 11.8 Å². The summed E-state index contributed by atoms with van der Waals surface area (Å²) in [6.07, 6.45) is 3.19. The van der Waals surface area contributed by atoms with E-state index in [9.17, 15) is 10.1 Å². The number of hydrogen-bond acceptors (Lipinski definition) is 7. The van der Waals surface area contributed by atoms with Crippen molar-refractivity contribution in [2.75, 3.05) is 13.2 Å². The van der Waals surface area contributed by atoms with Crippen LogP contribution in [-0.2, 0) is 9.53 Å². The molecule has 0 aliphatic heterocycles. The number of rotatable bonds is 8. The average Bonchev–Trinajstić information content (AvgIpc) is 3.16. The fourth-order valence-electron chi connectivity index (χ4n) is 2.60. The van der Waals surface area contributed by atoms with Crippen LogP contribution in [0.15, 0.2) is 64.5 Å². The van der Waals surface area contributed by atoms with Crippen LogP contribution in [0.5, 0.6) is 5.75 Å². The van der Waals surface area contributed by atoms with Crippen LogP contribution in [0.2, 0.25) is 5.02 Å². The Morgan fingerprint density at radius 3 is 2.65 bits per heavy atom. The number of ether oxygens (including phenoxy) is 2. The molecule has 31 heavy (non-hydrogen) atoms. The SMILES string of the molecule is CCOC(=O)C(C#N)=CC=C(Sc1nc2ccc(OCC)cc2s1)c1ccc(Cl)cc1. The summed E-state index contributed by atoms with van der Waals surface area (Å²) in [5, 5.41) is 9.92. The van der Waals surface area contributed by atoms with E-state index in [4.69, 9.17) is 26.1 Å². The maximum atomic E-state index is 11.9. The van der Waals surface area contributed by atoms with E-state index in [0.29, 0.717) is 11.6 Å². The molecule has 0 atom stereocenters. The lowest BCUT2D eigenvalue weighted by Gasteiger charge is -2.05. The predicted octanol–water partition coefficient (Wildman–Crippen LogP) is 6.49. The van der Waals surface area contributed by atoms with Crippen LogP contribution in [0.25, 0.3) is 15.1 Å². The Hall–Kier alpha value is -2.79. The molecule has 1 aromatic heterocycles. The normalized spacial score (nSPS) is 11.9. The van der Waals surface area contributed by atoms with Crippen molar-refractivity contribution in [2.24, 2.45) is 0 Å². The van der Waals surface area contributed by atoms with Gasteiger partial charge in [-0.3, -0.25) is 0 Å². The van der Waals surface area contributed by atoms with E-state index in [1.165, 1.54) is 17.8 Å². The number of aromatic nitrogens is 1. The van der Waals surface area contributed by atoms with E-state index in [-0.39, 0.29) is 12.2 Å². The number of benzene rings is 2. The highest BCUT2D eigenvalue weighted by atomic mass is 35.5. The van der Waals surface area contributed by atoms with E-state index < -0.39 is 5.97 Å². The maximum absolute atomic E-state index is 11.9. The lowest BCUT2D eigenvalue weighted by molar-refractivity contribution is -0.138. The van der Waals surface area contributed by atoms with E-state index in [0.717, 1.165) is 30.8 Å². The summed E-state index contributed by atoms with van der Waals surface area (Å²) >= 11 is 9.03. The van der Waals surface area contributed by atoms with Crippen LogP contribution >= 0.6 is 34.7 Å². The van der Waals surface area contributed by atoms with Crippen molar-refractivity contribution in [1.82, 2.24) is 4.98 Å². The smallest absolute Gasteiger partial charge is 0.348 e. The standard InChI is InChI=1S/C23H19ClN2O3S2/c1-3-28-18-10-11-19-21(13-18)31-23(26-19)30-20(15-5-8-17(24)9-6-15)12-7-16(14-25)22(27)29-4-2/h5-13H,3-4H2,1-2H3. The van der Waals surface area contributed by atoms with Gasteiger partial charge in [0.1, 0.15) is 17.4 Å². The van der Waals surface area contributed by atoms with Crippen LogP contribution in [0.4, 0.5) is 0 Å². The number of carbonyl (C=O) groups excluding carboxylic acids is 1. The zero-order chi connectivity index (χ0) is 22.2. The van der Waals surface area contributed by atoms with Crippen molar-refractivity contribution in [1.29, 1.82) is 5.26 Å². The predicted molar refractivity (Wildman–Crippen MR) is 126 cm³/mol. The number of esters is 1. The number of nitriles is 1. The highest BCUT2D eigenvalue weighted by Gasteiger charge is 2.12. The van der Waals surface area contributed by atoms with E-state index in [2.05, 4.69) is 0 Å². The Morgan fingerprint density at radius 1 is 1.19 bits per heavy atom. The van der Waals surface area contributed by atoms with Gasteiger partial charge in [-0.05, 0) is 61.9 Å². The Bertz CT molecular complexity index is 1180. The second kappa shape index (κ2) is 11.0. The van der Waals surface area contributed by atoms with Crippen molar-refractivity contribution in [3.05, 3.63) is 70.8 Å². The molecule has 0 N–H and O–H groups in total. The molecule has 8 heteroatoms. The van der Waals surface area contributed by atoms with Crippen molar-refractivity contribution >= 4 is 55.8 Å². The topological polar surface area (TPSA) is 72.2 Å². The highest BCUT2D eigenvalue weighted by molar-refractivity contribution is 8.09. The molecule has 0 radical (unpaired) electrons. The summed E-state index contributed by atoms with van der Waals surface area (Å²) in [7, 11) is 0. The van der Waals surface area contributed by atoms with Gasteiger partial charge in [-0.1, -0.05) is 35.5 Å². The first kappa shape index (κ1) is 22.9. The van der Waals surface area contributed by atoms with Crippen LogP contribution in [0.1, 0.15) is 19.4 Å². The maximum Gasteiger partial charge on any atom is 0.348 e. The number of thioether (sulfide) groups is 1. The fourth-order valence-corrected chi connectivity index (χ4v) is 4.88. The van der Waals surface area contributed by atoms with Gasteiger partial charge in [0.05, 0.1) is 23.4 Å². The molecule has 1 heterocycles. The lowest BCUT2D eigenvalue weighted by atomic mass is 10.2. The Labute approximate surface area is 194 Å². The summed E-state index contributed by atoms with van der Waals surface area (Å²) in [6.45, 7) is 4.45. The van der Waals surface area contributed by atoms with E-state index in [1.807, 2.05) is 43.3 Å². The molecule has 5 nitrogen and oxygen atoms in total. The molecular formula is C23H19ClN2O3S2. The first-order valence-corrected chi connectivity index (χ1v) is 11.5. The van der Waals surface area contributed by atoms with Crippen LogP contribution < -0.4 is 4.74 Å². The van der Waals surface area contributed by atoms with E-state index >= 15 is 0 Å². The minimum Gasteiger partial charge on any atom is -0.494 e. The van der Waals surface area contributed by atoms with Crippen molar-refractivity contribution in [2.45, 2.75) is 18.2 Å². The molecule has 0 saturated carbocycles. The van der Waals surface area contributed by atoms with Crippen molar-refractivity contribution < 1.29 is 14.3 Å². The third kappa shape index (κ3) is 6.11. The number of fused-ring (bicyclic) bond motifs is 1. The summed E-state index contributed by atoms with van der Waals surface area (Å²) in [4.78, 5) is 17.4. The first-order valence-electron chi connectivity index (χ1n) is 9.50. The average molecular weight is 471 g/mol. The summed E-state index contributed by atoms with van der Waals surface area (Å²) in [5.41, 5.74) is 1.70. The molecule has 2 aromatic carbocycles. The highest BCUT2D eigenvalue weighted by Crippen LogP contribution is 2.39. The van der Waals surface area contributed by atoms with Gasteiger partial charge < -0.3 is 9.47 Å². The van der Waals surface area contributed by atoms with Crippen LogP contribution in [0, 0.1) is 11.3 Å². The molecule has 0 aliphatic rings. The summed E-state index contributed by atoms with van der Waals surface area (Å²) in [6, 6.07) is 15.0. The number of halogens is 1. The lowest BCUT2D eigenvalue weighted by Crippen LogP contribution is -2.05. The number of carbonyl (C=O) groups is 1. The Balaban J connectivity index is 1.97. The molecule has 3 rings (SSSR count). The third-order valence-corrected chi connectivity index (χ3v) is 6.42. The number of allylic oxidation sites excluding steroid dienone is 2. The van der Waals surface area contributed by atoms with E-state index in [1.54, 1.807) is 36.5 Å². The number of nitrogens with zero attached hydrogens (tertiary/aromatic N) is 2. The third-order valence-electron chi connectivity index (χ3n) is 3.99. The second-order valence-electron chi connectivity index (χ2n) is 6.09. The molecule has 0 unspecified atom stereocenters. The monoisotopic (exact) mass is 470 g/mol. The number of hydrogen-bond donors (Lipinski definition) is 0. The second-order valence-corrected chi connectivity index (χ2v) is 8.85.